The molecule has 0 amide bonds. The van der Waals surface area contributed by atoms with E-state index in [9.17, 15) is 5.11 Å². The molecule has 0 saturated carbocycles. The minimum atomic E-state index is -0.484. The van der Waals surface area contributed by atoms with Gasteiger partial charge in [0.1, 0.15) is 5.75 Å². The summed E-state index contributed by atoms with van der Waals surface area (Å²) < 4.78 is 0. The molecule has 87 valence electrons. The van der Waals surface area contributed by atoms with Crippen LogP contribution in [0.2, 0.25) is 11.1 Å². The molecular weight excluding hydrogens is 212 g/mol. The minimum Gasteiger partial charge on any atom is -0.507 e. The first-order valence-corrected chi connectivity index (χ1v) is 7.58. The summed E-state index contributed by atoms with van der Waals surface area (Å²) in [4.78, 5) is 0. The Morgan fingerprint density at radius 2 is 1.62 bits per heavy atom. The van der Waals surface area contributed by atoms with Gasteiger partial charge in [0.15, 0.2) is 0 Å². The molecule has 1 nitrogen and oxygen atoms in total. The normalized spacial score (nSPS) is 12.2. The van der Waals surface area contributed by atoms with Crippen molar-refractivity contribution >= 4 is 14.9 Å². The second-order valence-electron chi connectivity index (χ2n) is 4.70. The smallest absolute Gasteiger partial charge is 0.122 e. The van der Waals surface area contributed by atoms with E-state index < -0.39 is 8.80 Å². The van der Waals surface area contributed by atoms with Crippen LogP contribution in [0.1, 0.15) is 33.3 Å². The van der Waals surface area contributed by atoms with Gasteiger partial charge in [-0.05, 0) is 17.1 Å². The van der Waals surface area contributed by atoms with Crippen LogP contribution in [0.5, 0.6) is 5.75 Å². The molecule has 0 bridgehead atoms. The summed E-state index contributed by atoms with van der Waals surface area (Å²) in [5.74, 6) is 0.368. The Bertz CT molecular complexity index is 348. The maximum absolute atomic E-state index is 9.66. The van der Waals surface area contributed by atoms with Gasteiger partial charge in [0.05, 0.1) is 8.80 Å². The largest absolute Gasteiger partial charge is 0.507 e. The van der Waals surface area contributed by atoms with Crippen LogP contribution in [-0.2, 0) is 0 Å². The highest BCUT2D eigenvalue weighted by Crippen LogP contribution is 2.23. The average Bonchev–Trinajstić information content (AvgIpc) is 2.20. The number of phenols is 1. The van der Waals surface area contributed by atoms with Crippen molar-refractivity contribution in [3.8, 4) is 5.75 Å². The highest BCUT2D eigenvalue weighted by atomic mass is 28.3. The molecule has 0 aliphatic rings. The SMILES string of the molecule is CC(C)[Si](/C=C/c1ccccc1O)C(C)C. The summed E-state index contributed by atoms with van der Waals surface area (Å²) in [6.07, 6.45) is 2.07. The van der Waals surface area contributed by atoms with E-state index in [2.05, 4.69) is 39.5 Å². The first-order valence-electron chi connectivity index (χ1n) is 5.85. The van der Waals surface area contributed by atoms with Crippen LogP contribution in [0, 0.1) is 0 Å². The lowest BCUT2D eigenvalue weighted by atomic mass is 10.2. The maximum Gasteiger partial charge on any atom is 0.122 e. The molecule has 0 saturated heterocycles. The summed E-state index contributed by atoms with van der Waals surface area (Å²) in [6, 6.07) is 7.49. The third-order valence-electron chi connectivity index (χ3n) is 2.73. The lowest BCUT2D eigenvalue weighted by molar-refractivity contribution is 0.474. The van der Waals surface area contributed by atoms with Gasteiger partial charge in [0.2, 0.25) is 0 Å². The molecule has 1 rings (SSSR count). The number of hydrogen-bond donors (Lipinski definition) is 1. The van der Waals surface area contributed by atoms with Gasteiger partial charge in [0, 0.05) is 5.56 Å². The Labute approximate surface area is 100 Å². The molecule has 1 radical (unpaired) electrons. The van der Waals surface area contributed by atoms with E-state index >= 15 is 0 Å². The minimum absolute atomic E-state index is 0.368. The summed E-state index contributed by atoms with van der Waals surface area (Å²) in [5, 5.41) is 9.66. The third-order valence-corrected chi connectivity index (χ3v) is 5.94. The van der Waals surface area contributed by atoms with Gasteiger partial charge in [0.25, 0.3) is 0 Å². The lowest BCUT2D eigenvalue weighted by Crippen LogP contribution is -2.17. The van der Waals surface area contributed by atoms with Gasteiger partial charge in [-0.1, -0.05) is 57.7 Å². The van der Waals surface area contributed by atoms with Crippen molar-refractivity contribution in [2.75, 3.05) is 0 Å². The van der Waals surface area contributed by atoms with Gasteiger partial charge in [-0.2, -0.15) is 0 Å². The molecule has 1 aromatic carbocycles. The van der Waals surface area contributed by atoms with Crippen molar-refractivity contribution in [2.24, 2.45) is 0 Å². The molecule has 0 aliphatic carbocycles. The van der Waals surface area contributed by atoms with E-state index in [-0.39, 0.29) is 0 Å². The van der Waals surface area contributed by atoms with Crippen LogP contribution in [0.3, 0.4) is 0 Å². The molecule has 1 aromatic rings. The fourth-order valence-corrected chi connectivity index (χ4v) is 4.34. The van der Waals surface area contributed by atoms with Crippen molar-refractivity contribution in [2.45, 2.75) is 38.8 Å². The topological polar surface area (TPSA) is 20.2 Å². The third kappa shape index (κ3) is 3.53. The number of para-hydroxylation sites is 1. The van der Waals surface area contributed by atoms with Crippen LogP contribution < -0.4 is 0 Å². The fourth-order valence-electron chi connectivity index (χ4n) is 1.87. The number of hydrogen-bond acceptors (Lipinski definition) is 1. The zero-order chi connectivity index (χ0) is 12.1. The zero-order valence-corrected chi connectivity index (χ0v) is 11.6. The van der Waals surface area contributed by atoms with Crippen LogP contribution in [0.4, 0.5) is 0 Å². The highest BCUT2D eigenvalue weighted by molar-refractivity contribution is 6.67. The summed E-state index contributed by atoms with van der Waals surface area (Å²) in [7, 11) is -0.484. The van der Waals surface area contributed by atoms with Crippen LogP contribution in [-0.4, -0.2) is 13.9 Å². The molecule has 2 heteroatoms. The number of benzene rings is 1. The highest BCUT2D eigenvalue weighted by Gasteiger charge is 2.16. The van der Waals surface area contributed by atoms with E-state index in [1.165, 1.54) is 0 Å². The predicted octanol–water partition coefficient (Wildman–Crippen LogP) is 4.26. The molecule has 0 aliphatic heterocycles. The van der Waals surface area contributed by atoms with E-state index in [1.807, 2.05) is 18.2 Å². The Kier molecular flexibility index (Phi) is 4.81. The van der Waals surface area contributed by atoms with Gasteiger partial charge in [-0.25, -0.2) is 0 Å². The Balaban J connectivity index is 2.83. The first kappa shape index (κ1) is 13.0. The van der Waals surface area contributed by atoms with E-state index in [0.717, 1.165) is 16.6 Å². The molecule has 1 N–H and O–H groups in total. The van der Waals surface area contributed by atoms with Crippen molar-refractivity contribution in [1.82, 2.24) is 0 Å². The number of rotatable bonds is 4. The van der Waals surface area contributed by atoms with Gasteiger partial charge in [-0.15, -0.1) is 0 Å². The van der Waals surface area contributed by atoms with E-state index in [0.29, 0.717) is 5.75 Å². The lowest BCUT2D eigenvalue weighted by Gasteiger charge is -2.18. The molecule has 16 heavy (non-hydrogen) atoms. The average molecular weight is 233 g/mol. The second-order valence-corrected chi connectivity index (χ2v) is 8.34. The van der Waals surface area contributed by atoms with E-state index in [1.54, 1.807) is 6.07 Å². The van der Waals surface area contributed by atoms with Crippen LogP contribution in [0.25, 0.3) is 6.08 Å². The molecule has 0 fully saturated rings. The molecule has 0 heterocycles. The Morgan fingerprint density at radius 1 is 1.06 bits per heavy atom. The van der Waals surface area contributed by atoms with Gasteiger partial charge in [-0.3, -0.25) is 0 Å². The second kappa shape index (κ2) is 5.90. The molecule has 0 spiro atoms. The standard InChI is InChI=1S/C14H21OSi/c1-11(2)16(12(3)4)10-9-13-7-5-6-8-14(13)15/h5-12,15H,1-4H3/b10-9+. The zero-order valence-electron chi connectivity index (χ0n) is 10.6. The number of phenolic OH excluding ortho intramolecular Hbond substituents is 1. The van der Waals surface area contributed by atoms with Crippen LogP contribution in [0.15, 0.2) is 30.0 Å². The summed E-state index contributed by atoms with van der Waals surface area (Å²) in [6.45, 7) is 9.12. The van der Waals surface area contributed by atoms with Crippen molar-refractivity contribution in [3.63, 3.8) is 0 Å². The molecular formula is C14H21OSi. The molecule has 0 aromatic heterocycles. The van der Waals surface area contributed by atoms with Crippen molar-refractivity contribution in [3.05, 3.63) is 35.5 Å². The van der Waals surface area contributed by atoms with E-state index in [4.69, 9.17) is 0 Å². The number of aromatic hydroxyl groups is 1. The van der Waals surface area contributed by atoms with Gasteiger partial charge < -0.3 is 5.11 Å². The summed E-state index contributed by atoms with van der Waals surface area (Å²) >= 11 is 0. The maximum atomic E-state index is 9.66. The van der Waals surface area contributed by atoms with Crippen molar-refractivity contribution < 1.29 is 5.11 Å². The van der Waals surface area contributed by atoms with Crippen LogP contribution >= 0.6 is 0 Å². The molecule has 0 unspecified atom stereocenters. The quantitative estimate of drug-likeness (QED) is 0.770. The van der Waals surface area contributed by atoms with Crippen molar-refractivity contribution in [1.29, 1.82) is 0 Å². The van der Waals surface area contributed by atoms with Gasteiger partial charge >= 0.3 is 0 Å². The fraction of sp³-hybridized carbons (Fsp3) is 0.429. The monoisotopic (exact) mass is 233 g/mol. The first-order chi connectivity index (χ1) is 7.52. The molecule has 0 atom stereocenters. The predicted molar refractivity (Wildman–Crippen MR) is 73.1 cm³/mol. The Hall–Kier alpha value is -1.02. The summed E-state index contributed by atoms with van der Waals surface area (Å²) in [5.41, 5.74) is 4.69. The Morgan fingerprint density at radius 3 is 2.12 bits per heavy atom.